The van der Waals surface area contributed by atoms with Crippen LogP contribution >= 0.6 is 0 Å². The highest BCUT2D eigenvalue weighted by molar-refractivity contribution is 7.88. The van der Waals surface area contributed by atoms with Crippen molar-refractivity contribution in [1.29, 1.82) is 0 Å². The molecule has 0 bridgehead atoms. The first-order chi connectivity index (χ1) is 14.2. The summed E-state index contributed by atoms with van der Waals surface area (Å²) in [6.45, 7) is 7.06. The van der Waals surface area contributed by atoms with Crippen molar-refractivity contribution < 1.29 is 35.7 Å². The Morgan fingerprint density at radius 3 is 2.29 bits per heavy atom. The molecule has 6 nitrogen and oxygen atoms in total. The van der Waals surface area contributed by atoms with Crippen LogP contribution in [0.3, 0.4) is 0 Å². The first kappa shape index (κ1) is 23.2. The van der Waals surface area contributed by atoms with Gasteiger partial charge in [0.2, 0.25) is 0 Å². The monoisotopic (exact) mass is 459 g/mol. The van der Waals surface area contributed by atoms with E-state index in [-0.39, 0.29) is 17.3 Å². The Bertz CT molecular complexity index is 1090. The average molecular weight is 459 g/mol. The number of piperidine rings is 1. The fourth-order valence-electron chi connectivity index (χ4n) is 4.10. The van der Waals surface area contributed by atoms with Crippen LogP contribution in [0.4, 0.5) is 18.0 Å². The van der Waals surface area contributed by atoms with Gasteiger partial charge >= 0.3 is 21.7 Å². The first-order valence-electron chi connectivity index (χ1n) is 9.71. The molecule has 2 unspecified atom stereocenters. The Kier molecular flexibility index (Phi) is 5.90. The molecule has 1 N–H and O–H groups in total. The van der Waals surface area contributed by atoms with Gasteiger partial charge in [-0.15, -0.1) is 0 Å². The Labute approximate surface area is 178 Å². The molecule has 1 heterocycles. The van der Waals surface area contributed by atoms with E-state index in [4.69, 9.17) is 0 Å². The largest absolute Gasteiger partial charge is 0.534 e. The van der Waals surface area contributed by atoms with Crippen LogP contribution in [0, 0.1) is 11.3 Å². The lowest BCUT2D eigenvalue weighted by molar-refractivity contribution is -0.0500. The van der Waals surface area contributed by atoms with E-state index in [2.05, 4.69) is 25.0 Å². The molecule has 170 valence electrons. The number of hydrogen-bond donors (Lipinski definition) is 1. The summed E-state index contributed by atoms with van der Waals surface area (Å²) < 4.78 is 64.3. The normalized spacial score (nSPS) is 20.6. The van der Waals surface area contributed by atoms with Gasteiger partial charge in [-0.25, -0.2) is 4.79 Å². The number of rotatable bonds is 3. The Hall–Kier alpha value is -2.49. The molecule has 0 spiro atoms. The summed E-state index contributed by atoms with van der Waals surface area (Å²) in [5.74, 6) is -0.226. The quantitative estimate of drug-likeness (QED) is 0.504. The highest BCUT2D eigenvalue weighted by atomic mass is 32.2. The second-order valence-electron chi connectivity index (χ2n) is 8.85. The minimum Gasteiger partial charge on any atom is -0.465 e. The minimum atomic E-state index is -5.73. The van der Waals surface area contributed by atoms with Crippen molar-refractivity contribution in [3.63, 3.8) is 0 Å². The lowest BCUT2D eigenvalue weighted by atomic mass is 9.67. The van der Waals surface area contributed by atoms with E-state index in [1.807, 2.05) is 12.1 Å². The summed E-state index contributed by atoms with van der Waals surface area (Å²) in [6.07, 6.45) is -0.280. The van der Waals surface area contributed by atoms with Gasteiger partial charge in [0.25, 0.3) is 0 Å². The van der Waals surface area contributed by atoms with Crippen molar-refractivity contribution in [2.75, 3.05) is 13.1 Å². The third-order valence-corrected chi connectivity index (χ3v) is 6.73. The number of carboxylic acid groups (broad SMARTS) is 1. The van der Waals surface area contributed by atoms with Crippen molar-refractivity contribution in [3.8, 4) is 5.75 Å². The molecule has 1 fully saturated rings. The van der Waals surface area contributed by atoms with Gasteiger partial charge in [-0.1, -0.05) is 45.0 Å². The zero-order valence-corrected chi connectivity index (χ0v) is 18.1. The van der Waals surface area contributed by atoms with Gasteiger partial charge in [-0.05, 0) is 52.1 Å². The average Bonchev–Trinajstić information content (AvgIpc) is 2.65. The zero-order valence-electron chi connectivity index (χ0n) is 17.3. The maximum atomic E-state index is 12.5. The van der Waals surface area contributed by atoms with E-state index in [9.17, 15) is 31.5 Å². The molecule has 1 saturated heterocycles. The lowest BCUT2D eigenvalue weighted by Crippen LogP contribution is -2.46. The molecule has 2 atom stereocenters. The van der Waals surface area contributed by atoms with E-state index in [0.29, 0.717) is 24.9 Å². The standard InChI is InChI=1S/C21H24F3NO5S/c1-20(2,3)18-12-25(19(26)27)9-8-17(18)15-5-4-14-11-16(7-6-13(14)10-15)30-31(28,29)21(22,23)24/h4-7,10-11,17-18H,8-9,12H2,1-3H3,(H,26,27). The number of amides is 1. The molecular formula is C21H24F3NO5S. The topological polar surface area (TPSA) is 83.9 Å². The zero-order chi connectivity index (χ0) is 23.2. The maximum absolute atomic E-state index is 12.5. The predicted molar refractivity (Wildman–Crippen MR) is 109 cm³/mol. The molecule has 0 aliphatic carbocycles. The summed E-state index contributed by atoms with van der Waals surface area (Å²) in [4.78, 5) is 12.9. The van der Waals surface area contributed by atoms with E-state index in [1.54, 1.807) is 6.07 Å². The number of carbonyl (C=O) groups is 1. The SMILES string of the molecule is CC(C)(C)C1CN(C(=O)O)CCC1c1ccc2cc(OS(=O)(=O)C(F)(F)F)ccc2c1. The van der Waals surface area contributed by atoms with Crippen LogP contribution in [0.1, 0.15) is 38.7 Å². The number of hydrogen-bond acceptors (Lipinski definition) is 4. The lowest BCUT2D eigenvalue weighted by Gasteiger charge is -2.44. The van der Waals surface area contributed by atoms with Crippen LogP contribution in [-0.4, -0.2) is 43.1 Å². The van der Waals surface area contributed by atoms with E-state index in [0.717, 1.165) is 10.9 Å². The number of halogens is 3. The smallest absolute Gasteiger partial charge is 0.465 e. The molecule has 0 aromatic heterocycles. The Morgan fingerprint density at radius 2 is 1.71 bits per heavy atom. The van der Waals surface area contributed by atoms with Crippen molar-refractivity contribution in [1.82, 2.24) is 4.90 Å². The van der Waals surface area contributed by atoms with Crippen molar-refractivity contribution in [2.24, 2.45) is 11.3 Å². The second kappa shape index (κ2) is 7.89. The van der Waals surface area contributed by atoms with Crippen LogP contribution in [0.15, 0.2) is 36.4 Å². The van der Waals surface area contributed by atoms with Gasteiger partial charge in [0, 0.05) is 13.1 Å². The number of benzene rings is 2. The summed E-state index contributed by atoms with van der Waals surface area (Å²) in [6, 6.07) is 9.42. The van der Waals surface area contributed by atoms with Crippen molar-refractivity contribution in [2.45, 2.75) is 38.6 Å². The summed E-state index contributed by atoms with van der Waals surface area (Å²) >= 11 is 0. The summed E-state index contributed by atoms with van der Waals surface area (Å²) in [5.41, 5.74) is -4.63. The van der Waals surface area contributed by atoms with E-state index >= 15 is 0 Å². The molecule has 3 rings (SSSR count). The van der Waals surface area contributed by atoms with E-state index in [1.165, 1.54) is 23.1 Å². The second-order valence-corrected chi connectivity index (χ2v) is 10.4. The third kappa shape index (κ3) is 4.89. The van der Waals surface area contributed by atoms with Crippen LogP contribution in [0.2, 0.25) is 0 Å². The fourth-order valence-corrected chi connectivity index (χ4v) is 4.55. The Morgan fingerprint density at radius 1 is 1.10 bits per heavy atom. The van der Waals surface area contributed by atoms with Crippen molar-refractivity contribution >= 4 is 27.0 Å². The van der Waals surface area contributed by atoms with Gasteiger partial charge in [0.15, 0.2) is 0 Å². The molecule has 1 aliphatic heterocycles. The van der Waals surface area contributed by atoms with Crippen molar-refractivity contribution in [3.05, 3.63) is 42.0 Å². The fraction of sp³-hybridized carbons (Fsp3) is 0.476. The minimum absolute atomic E-state index is 0.0781. The molecular weight excluding hydrogens is 435 g/mol. The molecule has 2 aromatic carbocycles. The molecule has 2 aromatic rings. The van der Waals surface area contributed by atoms with Gasteiger partial charge in [-0.2, -0.15) is 21.6 Å². The highest BCUT2D eigenvalue weighted by Crippen LogP contribution is 2.43. The molecule has 31 heavy (non-hydrogen) atoms. The summed E-state index contributed by atoms with van der Waals surface area (Å²) in [7, 11) is -5.73. The maximum Gasteiger partial charge on any atom is 0.534 e. The van der Waals surface area contributed by atoms with Gasteiger partial charge in [0.1, 0.15) is 5.75 Å². The number of nitrogens with zero attached hydrogens (tertiary/aromatic N) is 1. The number of likely N-dealkylation sites (tertiary alicyclic amines) is 1. The predicted octanol–water partition coefficient (Wildman–Crippen LogP) is 5.20. The molecule has 1 amide bonds. The molecule has 10 heteroatoms. The molecule has 1 aliphatic rings. The number of alkyl halides is 3. The number of fused-ring (bicyclic) bond motifs is 1. The molecule has 0 saturated carbocycles. The van der Waals surface area contributed by atoms with Gasteiger partial charge < -0.3 is 14.2 Å². The third-order valence-electron chi connectivity index (χ3n) is 5.75. The summed E-state index contributed by atoms with van der Waals surface area (Å²) in [5, 5.41) is 10.6. The molecule has 0 radical (unpaired) electrons. The van der Waals surface area contributed by atoms with Crippen LogP contribution < -0.4 is 4.18 Å². The van der Waals surface area contributed by atoms with Crippen LogP contribution in [0.5, 0.6) is 5.75 Å². The van der Waals surface area contributed by atoms with E-state index < -0.39 is 27.5 Å². The first-order valence-corrected chi connectivity index (χ1v) is 11.1. The van der Waals surface area contributed by atoms with Crippen LogP contribution in [-0.2, 0) is 10.1 Å². The highest BCUT2D eigenvalue weighted by Gasteiger charge is 2.48. The van der Waals surface area contributed by atoms with Gasteiger partial charge in [-0.3, -0.25) is 0 Å². The van der Waals surface area contributed by atoms with Crippen LogP contribution in [0.25, 0.3) is 10.8 Å². The Balaban J connectivity index is 1.91. The van der Waals surface area contributed by atoms with Gasteiger partial charge in [0.05, 0.1) is 0 Å².